The number of piperidine rings is 1. The van der Waals surface area contributed by atoms with E-state index < -0.39 is 0 Å². The highest BCUT2D eigenvalue weighted by Crippen LogP contribution is 2.22. The second-order valence-electron chi connectivity index (χ2n) is 5.90. The molecule has 2 atom stereocenters. The highest BCUT2D eigenvalue weighted by atomic mass is 16.3. The van der Waals surface area contributed by atoms with Crippen molar-refractivity contribution in [3.8, 4) is 5.69 Å². The largest absolute Gasteiger partial charge is 0.392 e. The molecular formula is C17H23N3O. The summed E-state index contributed by atoms with van der Waals surface area (Å²) in [5.41, 5.74) is 2.28. The van der Waals surface area contributed by atoms with Crippen LogP contribution in [-0.4, -0.2) is 38.5 Å². The quantitative estimate of drug-likeness (QED) is 0.939. The molecule has 3 rings (SSSR count). The monoisotopic (exact) mass is 285 g/mol. The second kappa shape index (κ2) is 6.41. The van der Waals surface area contributed by atoms with Crippen molar-refractivity contribution in [2.45, 2.75) is 44.9 Å². The number of aliphatic hydroxyl groups is 1. The summed E-state index contributed by atoms with van der Waals surface area (Å²) in [7, 11) is 0. The van der Waals surface area contributed by atoms with E-state index in [-0.39, 0.29) is 12.1 Å². The van der Waals surface area contributed by atoms with Crippen LogP contribution in [0.15, 0.2) is 42.7 Å². The lowest BCUT2D eigenvalue weighted by Crippen LogP contribution is -2.45. The first kappa shape index (κ1) is 14.3. The SMILES string of the molecule is CC(O)C1CCCCN1Cc1cnn(-c2ccccc2)c1. The zero-order valence-electron chi connectivity index (χ0n) is 12.5. The maximum atomic E-state index is 9.95. The smallest absolute Gasteiger partial charge is 0.0667 e. The van der Waals surface area contributed by atoms with Gasteiger partial charge in [-0.25, -0.2) is 4.68 Å². The molecule has 2 unspecified atom stereocenters. The number of rotatable bonds is 4. The first-order chi connectivity index (χ1) is 10.2. The molecule has 0 amide bonds. The number of nitrogens with zero attached hydrogens (tertiary/aromatic N) is 3. The molecule has 2 aromatic rings. The summed E-state index contributed by atoms with van der Waals surface area (Å²) < 4.78 is 1.91. The van der Waals surface area contributed by atoms with Crippen LogP contribution in [0, 0.1) is 0 Å². The molecule has 1 N–H and O–H groups in total. The third-order valence-electron chi connectivity index (χ3n) is 4.26. The van der Waals surface area contributed by atoms with E-state index in [4.69, 9.17) is 0 Å². The standard InChI is InChI=1S/C17H23N3O/c1-14(21)17-9-5-6-10-19(17)12-15-11-18-20(13-15)16-7-3-2-4-8-16/h2-4,7-8,11,13-14,17,21H,5-6,9-10,12H2,1H3. The predicted octanol–water partition coefficient (Wildman–Crippen LogP) is 2.61. The fourth-order valence-electron chi connectivity index (χ4n) is 3.16. The van der Waals surface area contributed by atoms with E-state index in [1.54, 1.807) is 0 Å². The molecule has 1 fully saturated rings. The average molecular weight is 285 g/mol. The molecule has 0 radical (unpaired) electrons. The number of hydrogen-bond acceptors (Lipinski definition) is 3. The number of aromatic nitrogens is 2. The highest BCUT2D eigenvalue weighted by molar-refractivity contribution is 5.30. The van der Waals surface area contributed by atoms with E-state index in [1.165, 1.54) is 18.4 Å². The van der Waals surface area contributed by atoms with Gasteiger partial charge in [-0.15, -0.1) is 0 Å². The summed E-state index contributed by atoms with van der Waals surface area (Å²) in [6, 6.07) is 10.4. The van der Waals surface area contributed by atoms with Crippen molar-refractivity contribution >= 4 is 0 Å². The Morgan fingerprint density at radius 3 is 2.86 bits per heavy atom. The summed E-state index contributed by atoms with van der Waals surface area (Å²) in [5, 5.41) is 14.4. The first-order valence-electron chi connectivity index (χ1n) is 7.75. The lowest BCUT2D eigenvalue weighted by Gasteiger charge is -2.37. The Kier molecular flexibility index (Phi) is 4.36. The van der Waals surface area contributed by atoms with Crippen LogP contribution in [0.5, 0.6) is 0 Å². The number of benzene rings is 1. The van der Waals surface area contributed by atoms with Gasteiger partial charge in [-0.2, -0.15) is 5.10 Å². The molecule has 4 nitrogen and oxygen atoms in total. The summed E-state index contributed by atoms with van der Waals surface area (Å²) in [5.74, 6) is 0. The van der Waals surface area contributed by atoms with Crippen molar-refractivity contribution in [1.29, 1.82) is 0 Å². The number of hydrogen-bond donors (Lipinski definition) is 1. The highest BCUT2D eigenvalue weighted by Gasteiger charge is 2.26. The van der Waals surface area contributed by atoms with Crippen molar-refractivity contribution in [2.24, 2.45) is 0 Å². The molecule has 2 heterocycles. The maximum Gasteiger partial charge on any atom is 0.0667 e. The third kappa shape index (κ3) is 3.34. The molecule has 1 aliphatic heterocycles. The Hall–Kier alpha value is -1.65. The normalized spacial score (nSPS) is 21.3. The van der Waals surface area contributed by atoms with E-state index in [2.05, 4.69) is 28.3 Å². The lowest BCUT2D eigenvalue weighted by molar-refractivity contribution is 0.0317. The Morgan fingerprint density at radius 2 is 2.10 bits per heavy atom. The summed E-state index contributed by atoms with van der Waals surface area (Å²) in [4.78, 5) is 2.39. The minimum absolute atomic E-state index is 0.269. The van der Waals surface area contributed by atoms with Crippen LogP contribution in [-0.2, 0) is 6.54 Å². The van der Waals surface area contributed by atoms with E-state index in [0.29, 0.717) is 0 Å². The predicted molar refractivity (Wildman–Crippen MR) is 83.3 cm³/mol. The molecular weight excluding hydrogens is 262 g/mol. The second-order valence-corrected chi connectivity index (χ2v) is 5.90. The molecule has 1 aromatic carbocycles. The van der Waals surface area contributed by atoms with Gasteiger partial charge in [-0.05, 0) is 38.4 Å². The molecule has 0 saturated carbocycles. The van der Waals surface area contributed by atoms with Gasteiger partial charge in [0.15, 0.2) is 0 Å². The van der Waals surface area contributed by atoms with Crippen LogP contribution in [0.2, 0.25) is 0 Å². The molecule has 0 aliphatic carbocycles. The molecule has 1 saturated heterocycles. The van der Waals surface area contributed by atoms with E-state index in [1.807, 2.05) is 36.0 Å². The zero-order valence-corrected chi connectivity index (χ0v) is 12.5. The fourth-order valence-corrected chi connectivity index (χ4v) is 3.16. The Morgan fingerprint density at radius 1 is 1.29 bits per heavy atom. The van der Waals surface area contributed by atoms with Crippen LogP contribution >= 0.6 is 0 Å². The summed E-state index contributed by atoms with van der Waals surface area (Å²) in [6.07, 6.45) is 7.27. The van der Waals surface area contributed by atoms with E-state index in [9.17, 15) is 5.11 Å². The fraction of sp³-hybridized carbons (Fsp3) is 0.471. The van der Waals surface area contributed by atoms with Crippen molar-refractivity contribution < 1.29 is 5.11 Å². The number of para-hydroxylation sites is 1. The minimum Gasteiger partial charge on any atom is -0.392 e. The Bertz CT molecular complexity index is 564. The molecule has 21 heavy (non-hydrogen) atoms. The molecule has 112 valence electrons. The van der Waals surface area contributed by atoms with Crippen LogP contribution in [0.3, 0.4) is 0 Å². The Balaban J connectivity index is 1.72. The van der Waals surface area contributed by atoms with Crippen molar-refractivity contribution in [3.05, 3.63) is 48.3 Å². The van der Waals surface area contributed by atoms with Gasteiger partial charge in [-0.3, -0.25) is 4.90 Å². The lowest BCUT2D eigenvalue weighted by atomic mass is 9.98. The van der Waals surface area contributed by atoms with Gasteiger partial charge in [0.1, 0.15) is 0 Å². The Labute approximate surface area is 126 Å². The van der Waals surface area contributed by atoms with Crippen LogP contribution < -0.4 is 0 Å². The third-order valence-corrected chi connectivity index (χ3v) is 4.26. The van der Waals surface area contributed by atoms with Gasteiger partial charge >= 0.3 is 0 Å². The summed E-state index contributed by atoms with van der Waals surface area (Å²) >= 11 is 0. The topological polar surface area (TPSA) is 41.3 Å². The summed E-state index contributed by atoms with van der Waals surface area (Å²) in [6.45, 7) is 3.82. The minimum atomic E-state index is -0.269. The molecule has 0 spiro atoms. The molecule has 1 aromatic heterocycles. The van der Waals surface area contributed by atoms with Gasteiger partial charge in [0.2, 0.25) is 0 Å². The van der Waals surface area contributed by atoms with Crippen LogP contribution in [0.4, 0.5) is 0 Å². The van der Waals surface area contributed by atoms with Crippen molar-refractivity contribution in [2.75, 3.05) is 6.54 Å². The average Bonchev–Trinajstić information content (AvgIpc) is 2.97. The first-order valence-corrected chi connectivity index (χ1v) is 7.75. The number of aliphatic hydroxyl groups excluding tert-OH is 1. The van der Waals surface area contributed by atoms with Crippen LogP contribution in [0.1, 0.15) is 31.7 Å². The molecule has 4 heteroatoms. The van der Waals surface area contributed by atoms with Gasteiger partial charge in [0.25, 0.3) is 0 Å². The van der Waals surface area contributed by atoms with Crippen LogP contribution in [0.25, 0.3) is 5.69 Å². The molecule has 0 bridgehead atoms. The van der Waals surface area contributed by atoms with Gasteiger partial charge in [0.05, 0.1) is 18.0 Å². The number of likely N-dealkylation sites (tertiary alicyclic amines) is 1. The van der Waals surface area contributed by atoms with Crippen molar-refractivity contribution in [3.63, 3.8) is 0 Å². The maximum absolute atomic E-state index is 9.95. The van der Waals surface area contributed by atoms with E-state index in [0.717, 1.165) is 25.2 Å². The molecule has 1 aliphatic rings. The van der Waals surface area contributed by atoms with Gasteiger partial charge in [0, 0.05) is 24.3 Å². The van der Waals surface area contributed by atoms with Gasteiger partial charge < -0.3 is 5.11 Å². The van der Waals surface area contributed by atoms with Gasteiger partial charge in [-0.1, -0.05) is 24.6 Å². The zero-order chi connectivity index (χ0) is 14.7. The van der Waals surface area contributed by atoms with E-state index >= 15 is 0 Å². The van der Waals surface area contributed by atoms with Crippen molar-refractivity contribution in [1.82, 2.24) is 14.7 Å².